The van der Waals surface area contributed by atoms with Crippen molar-refractivity contribution in [3.05, 3.63) is 47.7 Å². The Bertz CT molecular complexity index is 655. The van der Waals surface area contributed by atoms with E-state index in [9.17, 15) is 13.2 Å². The molecule has 0 aliphatic carbocycles. The van der Waals surface area contributed by atoms with Gasteiger partial charge >= 0.3 is 6.18 Å². The van der Waals surface area contributed by atoms with Gasteiger partial charge in [0.2, 0.25) is 0 Å². The minimum Gasteiger partial charge on any atom is -0.356 e. The molecule has 2 aromatic rings. The van der Waals surface area contributed by atoms with Crippen molar-refractivity contribution >= 4 is 5.82 Å². The first-order chi connectivity index (χ1) is 10.4. The summed E-state index contributed by atoms with van der Waals surface area (Å²) in [7, 11) is 0. The Balaban J connectivity index is 1.73. The zero-order valence-corrected chi connectivity index (χ0v) is 12.0. The van der Waals surface area contributed by atoms with Crippen LogP contribution < -0.4 is 4.90 Å². The molecule has 1 atom stereocenters. The van der Waals surface area contributed by atoms with Crippen LogP contribution in [0.2, 0.25) is 0 Å². The molecule has 3 heterocycles. The van der Waals surface area contributed by atoms with Gasteiger partial charge in [0, 0.05) is 37.1 Å². The maximum Gasteiger partial charge on any atom is 0.417 e. The molecule has 0 radical (unpaired) electrons. The minimum atomic E-state index is -4.35. The molecule has 1 aliphatic rings. The lowest BCUT2D eigenvalue weighted by molar-refractivity contribution is -0.137. The van der Waals surface area contributed by atoms with Crippen LogP contribution in [-0.2, 0) is 6.18 Å². The van der Waals surface area contributed by atoms with Crippen LogP contribution in [0, 0.1) is 6.92 Å². The molecule has 1 saturated heterocycles. The fourth-order valence-corrected chi connectivity index (χ4v) is 2.58. The van der Waals surface area contributed by atoms with Crippen molar-refractivity contribution in [3.8, 4) is 0 Å². The van der Waals surface area contributed by atoms with Crippen molar-refractivity contribution in [2.24, 2.45) is 0 Å². The van der Waals surface area contributed by atoms with Gasteiger partial charge in [-0.3, -0.25) is 0 Å². The standard InChI is InChI=1S/C15H15F3N4/c1-10-4-6-19-14(21-10)11-5-7-22(9-11)13-3-2-12(8-20-13)15(16,17)18/h2-4,6,8,11H,5,7,9H2,1H3. The van der Waals surface area contributed by atoms with E-state index in [1.165, 1.54) is 6.07 Å². The number of hydrogen-bond acceptors (Lipinski definition) is 4. The lowest BCUT2D eigenvalue weighted by Gasteiger charge is -2.18. The topological polar surface area (TPSA) is 41.9 Å². The first kappa shape index (κ1) is 14.7. The van der Waals surface area contributed by atoms with E-state index in [4.69, 9.17) is 0 Å². The number of nitrogens with zero attached hydrogens (tertiary/aromatic N) is 4. The Morgan fingerprint density at radius 1 is 1.18 bits per heavy atom. The summed E-state index contributed by atoms with van der Waals surface area (Å²) in [6, 6.07) is 4.33. The summed E-state index contributed by atoms with van der Waals surface area (Å²) in [6.07, 6.45) is -0.872. The highest BCUT2D eigenvalue weighted by atomic mass is 19.4. The Hall–Kier alpha value is -2.18. The summed E-state index contributed by atoms with van der Waals surface area (Å²) in [5, 5.41) is 0. The van der Waals surface area contributed by atoms with Crippen LogP contribution in [0.3, 0.4) is 0 Å². The molecule has 0 spiro atoms. The van der Waals surface area contributed by atoms with Crippen LogP contribution >= 0.6 is 0 Å². The molecule has 2 aromatic heterocycles. The third kappa shape index (κ3) is 3.03. The summed E-state index contributed by atoms with van der Waals surface area (Å²) in [5.41, 5.74) is 0.185. The molecule has 0 saturated carbocycles. The zero-order valence-electron chi connectivity index (χ0n) is 12.0. The van der Waals surface area contributed by atoms with Gasteiger partial charge in [-0.05, 0) is 31.5 Å². The van der Waals surface area contributed by atoms with Crippen molar-refractivity contribution in [1.29, 1.82) is 0 Å². The van der Waals surface area contributed by atoms with Gasteiger partial charge in [0.1, 0.15) is 11.6 Å². The monoisotopic (exact) mass is 308 g/mol. The minimum absolute atomic E-state index is 0.184. The SMILES string of the molecule is Cc1ccnc(C2CCN(c3ccc(C(F)(F)F)cn3)C2)n1. The van der Waals surface area contributed by atoms with Crippen LogP contribution in [0.4, 0.5) is 19.0 Å². The Morgan fingerprint density at radius 3 is 2.64 bits per heavy atom. The highest BCUT2D eigenvalue weighted by Crippen LogP contribution is 2.31. The van der Waals surface area contributed by atoms with E-state index in [1.54, 1.807) is 6.20 Å². The molecule has 0 N–H and O–H groups in total. The molecular weight excluding hydrogens is 293 g/mol. The molecule has 22 heavy (non-hydrogen) atoms. The number of rotatable bonds is 2. The summed E-state index contributed by atoms with van der Waals surface area (Å²) < 4.78 is 37.6. The van der Waals surface area contributed by atoms with E-state index in [2.05, 4.69) is 15.0 Å². The fraction of sp³-hybridized carbons (Fsp3) is 0.400. The summed E-state index contributed by atoms with van der Waals surface area (Å²) in [5.74, 6) is 1.53. The fourth-order valence-electron chi connectivity index (χ4n) is 2.58. The number of pyridine rings is 1. The van der Waals surface area contributed by atoms with Crippen LogP contribution in [0.5, 0.6) is 0 Å². The first-order valence-electron chi connectivity index (χ1n) is 7.01. The van der Waals surface area contributed by atoms with Gasteiger partial charge in [-0.2, -0.15) is 13.2 Å². The lowest BCUT2D eigenvalue weighted by Crippen LogP contribution is -2.21. The molecular formula is C15H15F3N4. The van der Waals surface area contributed by atoms with E-state index in [-0.39, 0.29) is 5.92 Å². The van der Waals surface area contributed by atoms with Crippen LogP contribution in [0.15, 0.2) is 30.6 Å². The van der Waals surface area contributed by atoms with E-state index in [1.807, 2.05) is 17.9 Å². The largest absolute Gasteiger partial charge is 0.417 e. The summed E-state index contributed by atoms with van der Waals surface area (Å²) >= 11 is 0. The van der Waals surface area contributed by atoms with Crippen LogP contribution in [0.1, 0.15) is 29.4 Å². The molecule has 0 bridgehead atoms. The average Bonchev–Trinajstić information content (AvgIpc) is 2.96. The molecule has 7 heteroatoms. The first-order valence-corrected chi connectivity index (χ1v) is 7.01. The van der Waals surface area contributed by atoms with Gasteiger partial charge in [0.05, 0.1) is 5.56 Å². The summed E-state index contributed by atoms with van der Waals surface area (Å²) in [4.78, 5) is 14.6. The predicted molar refractivity (Wildman–Crippen MR) is 75.6 cm³/mol. The highest BCUT2D eigenvalue weighted by Gasteiger charge is 2.32. The van der Waals surface area contributed by atoms with Crippen molar-refractivity contribution < 1.29 is 13.2 Å². The Kier molecular flexibility index (Phi) is 3.72. The number of anilines is 1. The number of aromatic nitrogens is 3. The number of hydrogen-bond donors (Lipinski definition) is 0. The average molecular weight is 308 g/mol. The lowest BCUT2D eigenvalue weighted by atomic mass is 10.1. The van der Waals surface area contributed by atoms with Crippen LogP contribution in [0.25, 0.3) is 0 Å². The van der Waals surface area contributed by atoms with Gasteiger partial charge in [-0.25, -0.2) is 15.0 Å². The van der Waals surface area contributed by atoms with Gasteiger partial charge in [0.15, 0.2) is 0 Å². The second kappa shape index (κ2) is 5.55. The highest BCUT2D eigenvalue weighted by molar-refractivity contribution is 5.42. The maximum atomic E-state index is 12.5. The van der Waals surface area contributed by atoms with Crippen molar-refractivity contribution in [2.45, 2.75) is 25.4 Å². The smallest absolute Gasteiger partial charge is 0.356 e. The number of aryl methyl sites for hydroxylation is 1. The summed E-state index contributed by atoms with van der Waals surface area (Å²) in [6.45, 7) is 3.32. The molecule has 1 unspecified atom stereocenters. The zero-order chi connectivity index (χ0) is 15.7. The Morgan fingerprint density at radius 2 is 2.00 bits per heavy atom. The van der Waals surface area contributed by atoms with E-state index < -0.39 is 11.7 Å². The van der Waals surface area contributed by atoms with Gasteiger partial charge in [-0.15, -0.1) is 0 Å². The molecule has 1 fully saturated rings. The van der Waals surface area contributed by atoms with E-state index in [0.29, 0.717) is 12.4 Å². The van der Waals surface area contributed by atoms with Crippen LogP contribution in [-0.4, -0.2) is 28.0 Å². The second-order valence-corrected chi connectivity index (χ2v) is 5.39. The van der Waals surface area contributed by atoms with Crippen molar-refractivity contribution in [2.75, 3.05) is 18.0 Å². The molecule has 3 rings (SSSR count). The van der Waals surface area contributed by atoms with Gasteiger partial charge in [0.25, 0.3) is 0 Å². The Labute approximate surface area is 126 Å². The molecule has 0 amide bonds. The molecule has 4 nitrogen and oxygen atoms in total. The van der Waals surface area contributed by atoms with Crippen molar-refractivity contribution in [1.82, 2.24) is 15.0 Å². The molecule has 1 aliphatic heterocycles. The maximum absolute atomic E-state index is 12.5. The third-order valence-corrected chi connectivity index (χ3v) is 3.77. The van der Waals surface area contributed by atoms with Gasteiger partial charge in [-0.1, -0.05) is 0 Å². The number of alkyl halides is 3. The van der Waals surface area contributed by atoms with E-state index >= 15 is 0 Å². The van der Waals surface area contributed by atoms with Crippen molar-refractivity contribution in [3.63, 3.8) is 0 Å². The molecule has 116 valence electrons. The van der Waals surface area contributed by atoms with E-state index in [0.717, 1.165) is 36.7 Å². The third-order valence-electron chi connectivity index (χ3n) is 3.77. The quantitative estimate of drug-likeness (QED) is 0.854. The second-order valence-electron chi connectivity index (χ2n) is 5.39. The molecule has 0 aromatic carbocycles. The normalized spacial score (nSPS) is 18.7. The number of halogens is 3. The van der Waals surface area contributed by atoms with Gasteiger partial charge < -0.3 is 4.90 Å². The predicted octanol–water partition coefficient (Wildman–Crippen LogP) is 3.19.